The van der Waals surface area contributed by atoms with E-state index < -0.39 is 17.8 Å². The normalized spacial score (nSPS) is 11.7. The third kappa shape index (κ3) is 4.27. The molecule has 0 saturated carbocycles. The molecule has 1 aromatic carbocycles. The van der Waals surface area contributed by atoms with E-state index in [9.17, 15) is 14.4 Å². The van der Waals surface area contributed by atoms with E-state index in [1.807, 2.05) is 0 Å². The number of carbonyl (C=O) groups is 3. The SMILES string of the molecule is CCOC(=O)Cn1c(=NC(=O)c2nn(C)cc2C)sc2cc(C(=O)OC)ccc21. The summed E-state index contributed by atoms with van der Waals surface area (Å²) in [6.45, 7) is 3.62. The molecule has 0 aliphatic rings. The predicted octanol–water partition coefficient (Wildman–Crippen LogP) is 1.84. The summed E-state index contributed by atoms with van der Waals surface area (Å²) in [5.41, 5.74) is 1.96. The number of ether oxygens (including phenoxy) is 2. The number of esters is 2. The Kier molecular flexibility index (Phi) is 5.92. The molecule has 3 rings (SSSR count). The fraction of sp³-hybridized carbons (Fsp3) is 0.316. The molecule has 0 N–H and O–H groups in total. The monoisotopic (exact) mass is 416 g/mol. The fourth-order valence-corrected chi connectivity index (χ4v) is 3.92. The van der Waals surface area contributed by atoms with Crippen molar-refractivity contribution in [3.8, 4) is 0 Å². The van der Waals surface area contributed by atoms with Crippen molar-refractivity contribution < 1.29 is 23.9 Å². The summed E-state index contributed by atoms with van der Waals surface area (Å²) in [6.07, 6.45) is 1.73. The zero-order chi connectivity index (χ0) is 21.1. The zero-order valence-electron chi connectivity index (χ0n) is 16.5. The van der Waals surface area contributed by atoms with Gasteiger partial charge in [0.15, 0.2) is 10.5 Å². The number of rotatable bonds is 5. The maximum Gasteiger partial charge on any atom is 0.337 e. The molecular weight excluding hydrogens is 396 g/mol. The molecule has 0 aliphatic carbocycles. The van der Waals surface area contributed by atoms with Crippen molar-refractivity contribution in [2.24, 2.45) is 12.0 Å². The Bertz CT molecular complexity index is 1170. The van der Waals surface area contributed by atoms with Crippen LogP contribution < -0.4 is 4.80 Å². The van der Waals surface area contributed by atoms with Crippen LogP contribution in [0.25, 0.3) is 10.2 Å². The van der Waals surface area contributed by atoms with Crippen LogP contribution in [0, 0.1) is 6.92 Å². The Balaban J connectivity index is 2.14. The highest BCUT2D eigenvalue weighted by Gasteiger charge is 2.17. The molecule has 3 aromatic rings. The first-order valence-electron chi connectivity index (χ1n) is 8.80. The topological polar surface area (TPSA) is 105 Å². The van der Waals surface area contributed by atoms with Gasteiger partial charge in [0.2, 0.25) is 0 Å². The minimum atomic E-state index is -0.513. The maximum atomic E-state index is 12.7. The third-order valence-corrected chi connectivity index (χ3v) is 5.15. The highest BCUT2D eigenvalue weighted by Crippen LogP contribution is 2.20. The molecule has 0 fully saturated rings. The van der Waals surface area contributed by atoms with Crippen molar-refractivity contribution >= 4 is 39.4 Å². The first kappa shape index (κ1) is 20.5. The van der Waals surface area contributed by atoms with Gasteiger partial charge < -0.3 is 14.0 Å². The lowest BCUT2D eigenvalue weighted by molar-refractivity contribution is -0.143. The molecule has 1 amide bonds. The van der Waals surface area contributed by atoms with E-state index in [2.05, 4.69) is 10.1 Å². The third-order valence-electron chi connectivity index (χ3n) is 4.11. The van der Waals surface area contributed by atoms with Crippen LogP contribution in [-0.4, -0.2) is 45.9 Å². The Morgan fingerprint density at radius 2 is 2.03 bits per heavy atom. The number of carbonyl (C=O) groups excluding carboxylic acids is 3. The van der Waals surface area contributed by atoms with Crippen LogP contribution in [0.1, 0.15) is 33.3 Å². The second-order valence-electron chi connectivity index (χ2n) is 6.20. The van der Waals surface area contributed by atoms with Gasteiger partial charge in [0.05, 0.1) is 29.5 Å². The molecule has 0 radical (unpaired) electrons. The van der Waals surface area contributed by atoms with Crippen molar-refractivity contribution in [1.82, 2.24) is 14.3 Å². The maximum absolute atomic E-state index is 12.7. The standard InChI is InChI=1S/C19H20N4O5S/c1-5-28-15(24)10-23-13-7-6-12(18(26)27-4)8-14(13)29-19(23)20-17(25)16-11(2)9-22(3)21-16/h6-9H,5,10H2,1-4H3. The molecule has 9 nitrogen and oxygen atoms in total. The van der Waals surface area contributed by atoms with Crippen LogP contribution in [0.15, 0.2) is 29.4 Å². The molecule has 152 valence electrons. The average molecular weight is 416 g/mol. The predicted molar refractivity (Wildman–Crippen MR) is 106 cm³/mol. The second-order valence-corrected chi connectivity index (χ2v) is 7.21. The number of hydrogen-bond donors (Lipinski definition) is 0. The number of fused-ring (bicyclic) bond motifs is 1. The minimum absolute atomic E-state index is 0.112. The number of nitrogens with zero attached hydrogens (tertiary/aromatic N) is 4. The smallest absolute Gasteiger partial charge is 0.337 e. The van der Waals surface area contributed by atoms with Crippen LogP contribution in [-0.2, 0) is 27.9 Å². The van der Waals surface area contributed by atoms with E-state index in [0.717, 1.165) is 0 Å². The largest absolute Gasteiger partial charge is 0.465 e. The summed E-state index contributed by atoms with van der Waals surface area (Å²) in [7, 11) is 3.02. The number of benzene rings is 1. The molecule has 0 bridgehead atoms. The number of hydrogen-bond acceptors (Lipinski definition) is 7. The Morgan fingerprint density at radius 1 is 1.28 bits per heavy atom. The molecule has 0 saturated heterocycles. The number of amides is 1. The molecule has 0 atom stereocenters. The lowest BCUT2D eigenvalue weighted by Gasteiger charge is -2.05. The van der Waals surface area contributed by atoms with Gasteiger partial charge in [0.1, 0.15) is 6.54 Å². The van der Waals surface area contributed by atoms with E-state index in [1.165, 1.54) is 23.1 Å². The van der Waals surface area contributed by atoms with Crippen LogP contribution >= 0.6 is 11.3 Å². The first-order chi connectivity index (χ1) is 13.8. The molecule has 29 heavy (non-hydrogen) atoms. The Morgan fingerprint density at radius 3 is 2.66 bits per heavy atom. The number of aryl methyl sites for hydroxylation is 2. The number of methoxy groups -OCH3 is 1. The van der Waals surface area contributed by atoms with E-state index in [0.29, 0.717) is 26.1 Å². The first-order valence-corrected chi connectivity index (χ1v) is 9.62. The highest BCUT2D eigenvalue weighted by molar-refractivity contribution is 7.16. The molecule has 2 heterocycles. The summed E-state index contributed by atoms with van der Waals surface area (Å²) < 4.78 is 13.6. The molecular formula is C19H20N4O5S. The van der Waals surface area contributed by atoms with Crippen LogP contribution in [0.5, 0.6) is 0 Å². The Hall–Kier alpha value is -3.27. The molecule has 0 aliphatic heterocycles. The summed E-state index contributed by atoms with van der Waals surface area (Å²) in [4.78, 5) is 41.1. The van der Waals surface area contributed by atoms with Gasteiger partial charge in [-0.2, -0.15) is 10.1 Å². The molecule has 0 spiro atoms. The van der Waals surface area contributed by atoms with Crippen molar-refractivity contribution in [3.05, 3.63) is 46.0 Å². The number of thiazole rings is 1. The van der Waals surface area contributed by atoms with Gasteiger partial charge in [-0.1, -0.05) is 11.3 Å². The van der Waals surface area contributed by atoms with Crippen molar-refractivity contribution in [1.29, 1.82) is 0 Å². The average Bonchev–Trinajstić information content (AvgIpc) is 3.19. The Labute approximate surface area is 170 Å². The summed E-state index contributed by atoms with van der Waals surface area (Å²) in [6, 6.07) is 4.92. The lowest BCUT2D eigenvalue weighted by Crippen LogP contribution is -2.23. The van der Waals surface area contributed by atoms with Gasteiger partial charge in [0, 0.05) is 18.8 Å². The number of aromatic nitrogens is 3. The minimum Gasteiger partial charge on any atom is -0.465 e. The summed E-state index contributed by atoms with van der Waals surface area (Å²) >= 11 is 1.19. The van der Waals surface area contributed by atoms with E-state index >= 15 is 0 Å². The fourth-order valence-electron chi connectivity index (χ4n) is 2.85. The quantitative estimate of drug-likeness (QED) is 0.588. The zero-order valence-corrected chi connectivity index (χ0v) is 17.3. The van der Waals surface area contributed by atoms with E-state index in [1.54, 1.807) is 49.9 Å². The van der Waals surface area contributed by atoms with E-state index in [4.69, 9.17) is 9.47 Å². The summed E-state index contributed by atoms with van der Waals surface area (Å²) in [5, 5.41) is 4.14. The van der Waals surface area contributed by atoms with Gasteiger partial charge in [-0.15, -0.1) is 0 Å². The van der Waals surface area contributed by atoms with E-state index in [-0.39, 0.29) is 18.8 Å². The van der Waals surface area contributed by atoms with Crippen LogP contribution in [0.4, 0.5) is 0 Å². The van der Waals surface area contributed by atoms with Crippen molar-refractivity contribution in [3.63, 3.8) is 0 Å². The molecule has 2 aromatic heterocycles. The van der Waals surface area contributed by atoms with Gasteiger partial charge in [0.25, 0.3) is 5.91 Å². The van der Waals surface area contributed by atoms with Gasteiger partial charge in [-0.05, 0) is 32.0 Å². The van der Waals surface area contributed by atoms with Crippen molar-refractivity contribution in [2.45, 2.75) is 20.4 Å². The van der Waals surface area contributed by atoms with Gasteiger partial charge in [-0.3, -0.25) is 14.3 Å². The summed E-state index contributed by atoms with van der Waals surface area (Å²) in [5.74, 6) is -1.44. The molecule has 0 unspecified atom stereocenters. The van der Waals surface area contributed by atoms with Gasteiger partial charge in [-0.25, -0.2) is 4.79 Å². The highest BCUT2D eigenvalue weighted by atomic mass is 32.1. The van der Waals surface area contributed by atoms with Crippen molar-refractivity contribution in [2.75, 3.05) is 13.7 Å². The second kappa shape index (κ2) is 8.39. The van der Waals surface area contributed by atoms with Gasteiger partial charge >= 0.3 is 11.9 Å². The lowest BCUT2D eigenvalue weighted by atomic mass is 10.2. The van der Waals surface area contributed by atoms with Crippen LogP contribution in [0.3, 0.4) is 0 Å². The molecule has 10 heteroatoms. The van der Waals surface area contributed by atoms with Crippen LogP contribution in [0.2, 0.25) is 0 Å².